The number of hydrogen-bond acceptors (Lipinski definition) is 7. The van der Waals surface area contributed by atoms with E-state index in [0.717, 1.165) is 17.4 Å². The van der Waals surface area contributed by atoms with Crippen LogP contribution >= 0.6 is 11.3 Å². The molecule has 12 heteroatoms. The molecule has 0 unspecified atom stereocenters. The minimum atomic E-state index is -4.64. The molecule has 0 saturated heterocycles. The second-order valence-corrected chi connectivity index (χ2v) is 7.08. The molecular weight excluding hydrogens is 423 g/mol. The number of hydrogen-bond donors (Lipinski definition) is 2. The Kier molecular flexibility index (Phi) is 4.57. The van der Waals surface area contributed by atoms with Gasteiger partial charge in [-0.2, -0.15) is 18.3 Å². The Balaban J connectivity index is 1.80. The van der Waals surface area contributed by atoms with Crippen LogP contribution in [0.2, 0.25) is 0 Å². The van der Waals surface area contributed by atoms with E-state index >= 15 is 0 Å². The van der Waals surface area contributed by atoms with Crippen molar-refractivity contribution in [1.29, 1.82) is 0 Å². The van der Waals surface area contributed by atoms with Crippen molar-refractivity contribution in [2.45, 2.75) is 6.18 Å². The summed E-state index contributed by atoms with van der Waals surface area (Å²) in [6.07, 6.45) is -1.90. The average molecular weight is 435 g/mol. The maximum Gasteiger partial charge on any atom is 0.419 e. The Labute approximate surface area is 170 Å². The van der Waals surface area contributed by atoms with Gasteiger partial charge in [0.1, 0.15) is 22.1 Å². The number of carboxylic acid groups (broad SMARTS) is 1. The fourth-order valence-electron chi connectivity index (χ4n) is 2.85. The van der Waals surface area contributed by atoms with Crippen LogP contribution in [-0.4, -0.2) is 37.8 Å². The number of pyridine rings is 1. The van der Waals surface area contributed by atoms with Gasteiger partial charge in [-0.25, -0.2) is 19.3 Å². The SMILES string of the molecule is COc1cc(-c2cnc3sc(-c4cnc(N)c(C(F)(F)F)c4)nn23)ccc1C(=O)O. The lowest BCUT2D eigenvalue weighted by Crippen LogP contribution is -2.10. The van der Waals surface area contributed by atoms with Gasteiger partial charge in [0.2, 0.25) is 4.96 Å². The van der Waals surface area contributed by atoms with Crippen LogP contribution in [0.25, 0.3) is 26.8 Å². The number of nitrogens with two attached hydrogens (primary N) is 1. The Morgan fingerprint density at radius 2 is 1.97 bits per heavy atom. The molecule has 3 heterocycles. The number of alkyl halides is 3. The maximum absolute atomic E-state index is 13.1. The number of benzene rings is 1. The van der Waals surface area contributed by atoms with Crippen molar-refractivity contribution < 1.29 is 27.8 Å². The van der Waals surface area contributed by atoms with Crippen LogP contribution in [0.3, 0.4) is 0 Å². The number of aromatic nitrogens is 4. The van der Waals surface area contributed by atoms with Gasteiger partial charge in [-0.05, 0) is 18.2 Å². The third-order valence-electron chi connectivity index (χ3n) is 4.28. The molecule has 0 bridgehead atoms. The maximum atomic E-state index is 13.1. The Morgan fingerprint density at radius 1 is 1.20 bits per heavy atom. The van der Waals surface area contributed by atoms with Crippen molar-refractivity contribution in [2.75, 3.05) is 12.8 Å². The molecule has 1 aromatic carbocycles. The molecule has 30 heavy (non-hydrogen) atoms. The van der Waals surface area contributed by atoms with Crippen molar-refractivity contribution in [3.63, 3.8) is 0 Å². The van der Waals surface area contributed by atoms with E-state index in [2.05, 4.69) is 15.1 Å². The monoisotopic (exact) mass is 435 g/mol. The van der Waals surface area contributed by atoms with Gasteiger partial charge in [0.15, 0.2) is 0 Å². The average Bonchev–Trinajstić information content (AvgIpc) is 3.27. The molecule has 0 aliphatic carbocycles. The number of anilines is 1. The number of aromatic carboxylic acids is 1. The van der Waals surface area contributed by atoms with Gasteiger partial charge < -0.3 is 15.6 Å². The van der Waals surface area contributed by atoms with Gasteiger partial charge in [-0.1, -0.05) is 17.4 Å². The number of carboxylic acids is 1. The highest BCUT2D eigenvalue weighted by Gasteiger charge is 2.34. The number of nitrogen functional groups attached to an aromatic ring is 1. The Hall–Kier alpha value is -3.67. The highest BCUT2D eigenvalue weighted by Crippen LogP contribution is 2.37. The number of carbonyl (C=O) groups is 1. The molecule has 0 fully saturated rings. The molecule has 3 N–H and O–H groups in total. The molecule has 0 radical (unpaired) electrons. The number of halogens is 3. The third-order valence-corrected chi connectivity index (χ3v) is 5.26. The summed E-state index contributed by atoms with van der Waals surface area (Å²) in [6.45, 7) is 0. The zero-order valence-electron chi connectivity index (χ0n) is 15.1. The van der Waals surface area contributed by atoms with Gasteiger partial charge in [0.25, 0.3) is 0 Å². The molecule has 4 rings (SSSR count). The molecule has 0 atom stereocenters. The van der Waals surface area contributed by atoms with Crippen LogP contribution in [0.4, 0.5) is 19.0 Å². The van der Waals surface area contributed by atoms with E-state index in [1.54, 1.807) is 6.07 Å². The van der Waals surface area contributed by atoms with Crippen LogP contribution in [0.5, 0.6) is 5.75 Å². The smallest absolute Gasteiger partial charge is 0.419 e. The minimum Gasteiger partial charge on any atom is -0.496 e. The summed E-state index contributed by atoms with van der Waals surface area (Å²) in [5.74, 6) is -1.59. The topological polar surface area (TPSA) is 116 Å². The summed E-state index contributed by atoms with van der Waals surface area (Å²) < 4.78 is 46.0. The first-order valence-corrected chi connectivity index (χ1v) is 9.10. The summed E-state index contributed by atoms with van der Waals surface area (Å²) in [5.41, 5.74) is 5.55. The van der Waals surface area contributed by atoms with E-state index < -0.39 is 23.5 Å². The quantitative estimate of drug-likeness (QED) is 0.501. The van der Waals surface area contributed by atoms with E-state index in [0.29, 0.717) is 16.2 Å². The van der Waals surface area contributed by atoms with Crippen molar-refractivity contribution in [3.05, 3.63) is 47.8 Å². The van der Waals surface area contributed by atoms with Crippen LogP contribution in [0, 0.1) is 0 Å². The summed E-state index contributed by atoms with van der Waals surface area (Å²) in [5, 5.41) is 13.8. The second-order valence-electron chi connectivity index (χ2n) is 6.12. The Bertz CT molecular complexity index is 1280. The van der Waals surface area contributed by atoms with Crippen LogP contribution in [0.15, 0.2) is 36.7 Å². The van der Waals surface area contributed by atoms with Gasteiger partial charge >= 0.3 is 12.1 Å². The number of methoxy groups -OCH3 is 1. The van der Waals surface area contributed by atoms with E-state index in [4.69, 9.17) is 10.5 Å². The Morgan fingerprint density at radius 3 is 2.63 bits per heavy atom. The summed E-state index contributed by atoms with van der Waals surface area (Å²) in [7, 11) is 1.35. The summed E-state index contributed by atoms with van der Waals surface area (Å²) in [4.78, 5) is 19.6. The normalized spacial score (nSPS) is 11.7. The molecular formula is C18H12F3N5O3S. The van der Waals surface area contributed by atoms with Crippen molar-refractivity contribution >= 4 is 28.1 Å². The highest BCUT2D eigenvalue weighted by molar-refractivity contribution is 7.19. The first kappa shape index (κ1) is 19.6. The van der Waals surface area contributed by atoms with Gasteiger partial charge in [-0.3, -0.25) is 0 Å². The number of imidazole rings is 1. The van der Waals surface area contributed by atoms with E-state index in [-0.39, 0.29) is 21.9 Å². The molecule has 0 aliphatic heterocycles. The number of fused-ring (bicyclic) bond motifs is 1. The summed E-state index contributed by atoms with van der Waals surface area (Å²) >= 11 is 1.08. The van der Waals surface area contributed by atoms with Crippen LogP contribution < -0.4 is 10.5 Å². The third kappa shape index (κ3) is 3.30. The lowest BCUT2D eigenvalue weighted by molar-refractivity contribution is -0.137. The van der Waals surface area contributed by atoms with E-state index in [1.807, 2.05) is 0 Å². The van der Waals surface area contributed by atoms with E-state index in [1.165, 1.54) is 36.2 Å². The number of nitrogens with zero attached hydrogens (tertiary/aromatic N) is 4. The number of rotatable bonds is 4. The van der Waals surface area contributed by atoms with Crippen molar-refractivity contribution in [3.8, 4) is 27.6 Å². The first-order valence-electron chi connectivity index (χ1n) is 8.28. The zero-order chi connectivity index (χ0) is 21.6. The van der Waals surface area contributed by atoms with Crippen molar-refractivity contribution in [1.82, 2.24) is 19.6 Å². The van der Waals surface area contributed by atoms with Crippen molar-refractivity contribution in [2.24, 2.45) is 0 Å². The predicted octanol–water partition coefficient (Wildman–Crippen LogP) is 3.83. The molecule has 0 spiro atoms. The van der Waals surface area contributed by atoms with E-state index in [9.17, 15) is 23.1 Å². The second kappa shape index (κ2) is 6.99. The molecule has 3 aromatic heterocycles. The van der Waals surface area contributed by atoms with Crippen LogP contribution in [-0.2, 0) is 6.18 Å². The van der Waals surface area contributed by atoms with Gasteiger partial charge in [0.05, 0.1) is 24.6 Å². The lowest BCUT2D eigenvalue weighted by atomic mass is 10.1. The zero-order valence-corrected chi connectivity index (χ0v) is 16.0. The molecule has 0 aliphatic rings. The fourth-order valence-corrected chi connectivity index (χ4v) is 3.71. The standard InChI is InChI=1S/C18H12F3N5O3S/c1-29-13-5-8(2-3-10(13)16(27)28)12-7-24-17-26(12)25-15(30-17)9-4-11(18(19,20)21)14(22)23-6-9/h2-7H,1H3,(H2,22,23)(H,27,28). The largest absolute Gasteiger partial charge is 0.496 e. The lowest BCUT2D eigenvalue weighted by Gasteiger charge is -2.09. The molecule has 0 saturated carbocycles. The molecule has 4 aromatic rings. The van der Waals surface area contributed by atoms with Gasteiger partial charge in [-0.15, -0.1) is 0 Å². The van der Waals surface area contributed by atoms with Crippen LogP contribution in [0.1, 0.15) is 15.9 Å². The summed E-state index contributed by atoms with van der Waals surface area (Å²) in [6, 6.07) is 5.38. The highest BCUT2D eigenvalue weighted by atomic mass is 32.1. The van der Waals surface area contributed by atoms with Gasteiger partial charge in [0, 0.05) is 17.3 Å². The molecule has 0 amide bonds. The first-order chi connectivity index (χ1) is 14.2. The fraction of sp³-hybridized carbons (Fsp3) is 0.111. The minimum absolute atomic E-state index is 0.00592. The molecule has 8 nitrogen and oxygen atoms in total. The molecule has 154 valence electrons. The number of ether oxygens (including phenoxy) is 1. The predicted molar refractivity (Wildman–Crippen MR) is 102 cm³/mol.